The normalized spacial score (nSPS) is 11.5. The molecule has 0 saturated carbocycles. The smallest absolute Gasteiger partial charge is 0.271 e. The fourth-order valence-corrected chi connectivity index (χ4v) is 4.41. The molecule has 1 aromatic carbocycles. The number of rotatable bonds is 5. The Labute approximate surface area is 167 Å². The van der Waals surface area contributed by atoms with E-state index in [0.717, 1.165) is 10.4 Å². The molecule has 0 fully saturated rings. The summed E-state index contributed by atoms with van der Waals surface area (Å²) >= 11 is 7.33. The van der Waals surface area contributed by atoms with Crippen LogP contribution in [0.4, 0.5) is 0 Å². The first-order chi connectivity index (χ1) is 12.8. The molecule has 0 atom stereocenters. The van der Waals surface area contributed by atoms with Crippen molar-refractivity contribution >= 4 is 39.1 Å². The number of fused-ring (bicyclic) bond motifs is 1. The lowest BCUT2D eigenvalue weighted by molar-refractivity contribution is -0.135. The van der Waals surface area contributed by atoms with E-state index in [1.807, 2.05) is 58.0 Å². The third-order valence-electron chi connectivity index (χ3n) is 4.34. The Hall–Kier alpha value is -2.18. The summed E-state index contributed by atoms with van der Waals surface area (Å²) < 4.78 is 1.95. The fourth-order valence-electron chi connectivity index (χ4n) is 3.21. The average Bonchev–Trinajstić information content (AvgIpc) is 3.02. The van der Waals surface area contributed by atoms with E-state index >= 15 is 0 Å². The van der Waals surface area contributed by atoms with Crippen LogP contribution in [-0.4, -0.2) is 32.4 Å². The molecule has 2 heterocycles. The predicted octanol–water partition coefficient (Wildman–Crippen LogP) is 4.42. The summed E-state index contributed by atoms with van der Waals surface area (Å²) in [7, 11) is 0. The standard InChI is InChI=1S/C20H22ClN3O2S/c1-12(2)24(13(3)4)18(25)10-23-11-22-16-9-17(27-19(16)20(23)26)14-5-7-15(21)8-6-14/h5-9,11-13H,10H2,1-4H3. The number of aromatic nitrogens is 2. The Morgan fingerprint density at radius 2 is 1.81 bits per heavy atom. The van der Waals surface area contributed by atoms with Crippen molar-refractivity contribution in [2.45, 2.75) is 46.3 Å². The van der Waals surface area contributed by atoms with Crippen molar-refractivity contribution in [2.24, 2.45) is 0 Å². The van der Waals surface area contributed by atoms with Gasteiger partial charge in [-0.05, 0) is 51.5 Å². The summed E-state index contributed by atoms with van der Waals surface area (Å²) in [5.41, 5.74) is 1.43. The average molecular weight is 404 g/mol. The molecule has 27 heavy (non-hydrogen) atoms. The molecule has 0 unspecified atom stereocenters. The molecule has 0 N–H and O–H groups in total. The van der Waals surface area contributed by atoms with Crippen LogP contribution in [0.5, 0.6) is 0 Å². The number of halogens is 1. The molecule has 5 nitrogen and oxygen atoms in total. The molecule has 0 spiro atoms. The maximum atomic E-state index is 12.9. The van der Waals surface area contributed by atoms with E-state index < -0.39 is 0 Å². The predicted molar refractivity (Wildman–Crippen MR) is 111 cm³/mol. The molecule has 0 aliphatic carbocycles. The number of benzene rings is 1. The van der Waals surface area contributed by atoms with Gasteiger partial charge in [0, 0.05) is 22.0 Å². The number of thiophene rings is 1. The van der Waals surface area contributed by atoms with Crippen LogP contribution in [-0.2, 0) is 11.3 Å². The zero-order chi connectivity index (χ0) is 19.7. The summed E-state index contributed by atoms with van der Waals surface area (Å²) in [5.74, 6) is -0.0854. The second-order valence-corrected chi connectivity index (χ2v) is 8.49. The van der Waals surface area contributed by atoms with E-state index in [9.17, 15) is 9.59 Å². The van der Waals surface area contributed by atoms with Crippen molar-refractivity contribution in [1.82, 2.24) is 14.5 Å². The second kappa shape index (κ2) is 7.82. The highest BCUT2D eigenvalue weighted by molar-refractivity contribution is 7.22. The summed E-state index contributed by atoms with van der Waals surface area (Å²) in [5, 5.41) is 0.665. The lowest BCUT2D eigenvalue weighted by atomic mass is 10.2. The van der Waals surface area contributed by atoms with Gasteiger partial charge in [0.25, 0.3) is 5.56 Å². The minimum absolute atomic E-state index is 0.00763. The number of amides is 1. The van der Waals surface area contributed by atoms with Crippen molar-refractivity contribution in [1.29, 1.82) is 0 Å². The Morgan fingerprint density at radius 3 is 2.41 bits per heavy atom. The van der Waals surface area contributed by atoms with Crippen molar-refractivity contribution in [2.75, 3.05) is 0 Å². The van der Waals surface area contributed by atoms with Gasteiger partial charge >= 0.3 is 0 Å². The zero-order valence-corrected chi connectivity index (χ0v) is 17.3. The Morgan fingerprint density at radius 1 is 1.19 bits per heavy atom. The molecular formula is C20H22ClN3O2S. The van der Waals surface area contributed by atoms with Crippen molar-refractivity contribution in [3.63, 3.8) is 0 Å². The monoisotopic (exact) mass is 403 g/mol. The third kappa shape index (κ3) is 4.06. The van der Waals surface area contributed by atoms with Gasteiger partial charge in [0.2, 0.25) is 5.91 Å². The van der Waals surface area contributed by atoms with Gasteiger partial charge in [0.05, 0.1) is 11.8 Å². The van der Waals surface area contributed by atoms with Gasteiger partial charge in [0.1, 0.15) is 11.2 Å². The Balaban J connectivity index is 1.94. The largest absolute Gasteiger partial charge is 0.336 e. The summed E-state index contributed by atoms with van der Waals surface area (Å²) in [4.78, 5) is 32.7. The lowest BCUT2D eigenvalue weighted by Gasteiger charge is -2.30. The van der Waals surface area contributed by atoms with Gasteiger partial charge in [-0.2, -0.15) is 0 Å². The highest BCUT2D eigenvalue weighted by atomic mass is 35.5. The highest BCUT2D eigenvalue weighted by Crippen LogP contribution is 2.31. The molecular weight excluding hydrogens is 382 g/mol. The fraction of sp³-hybridized carbons (Fsp3) is 0.350. The van der Waals surface area contributed by atoms with E-state index in [1.54, 1.807) is 4.90 Å². The van der Waals surface area contributed by atoms with Gasteiger partial charge in [-0.3, -0.25) is 14.2 Å². The molecule has 3 aromatic rings. The van der Waals surface area contributed by atoms with Crippen LogP contribution in [0.2, 0.25) is 5.02 Å². The summed E-state index contributed by atoms with van der Waals surface area (Å²) in [6.07, 6.45) is 1.46. The molecule has 0 bridgehead atoms. The molecule has 142 valence electrons. The van der Waals surface area contributed by atoms with Crippen LogP contribution in [0.1, 0.15) is 27.7 Å². The van der Waals surface area contributed by atoms with Crippen molar-refractivity contribution < 1.29 is 4.79 Å². The number of carbonyl (C=O) groups is 1. The molecule has 0 saturated heterocycles. The lowest BCUT2D eigenvalue weighted by Crippen LogP contribution is -2.44. The highest BCUT2D eigenvalue weighted by Gasteiger charge is 2.21. The first-order valence-electron chi connectivity index (χ1n) is 8.84. The Bertz CT molecular complexity index is 1010. The summed E-state index contributed by atoms with van der Waals surface area (Å²) in [6.45, 7) is 7.88. The quantitative estimate of drug-likeness (QED) is 0.633. The van der Waals surface area contributed by atoms with Gasteiger partial charge in [-0.25, -0.2) is 4.98 Å². The van der Waals surface area contributed by atoms with Crippen LogP contribution >= 0.6 is 22.9 Å². The van der Waals surface area contributed by atoms with Crippen LogP contribution in [0.3, 0.4) is 0 Å². The first-order valence-corrected chi connectivity index (χ1v) is 10.0. The maximum Gasteiger partial charge on any atom is 0.271 e. The van der Waals surface area contributed by atoms with E-state index in [2.05, 4.69) is 4.98 Å². The first kappa shape index (κ1) is 19.6. The molecule has 7 heteroatoms. The summed E-state index contributed by atoms with van der Waals surface area (Å²) in [6, 6.07) is 9.50. The topological polar surface area (TPSA) is 55.2 Å². The van der Waals surface area contributed by atoms with Gasteiger partial charge in [-0.1, -0.05) is 23.7 Å². The SMILES string of the molecule is CC(C)N(C(=O)Cn1cnc2cc(-c3ccc(Cl)cc3)sc2c1=O)C(C)C. The van der Waals surface area contributed by atoms with E-state index in [4.69, 9.17) is 11.6 Å². The van der Waals surface area contributed by atoms with Crippen LogP contribution < -0.4 is 5.56 Å². The molecule has 2 aromatic heterocycles. The Kier molecular flexibility index (Phi) is 5.67. The van der Waals surface area contributed by atoms with Gasteiger partial charge in [-0.15, -0.1) is 11.3 Å². The zero-order valence-electron chi connectivity index (χ0n) is 15.8. The molecule has 0 aliphatic heterocycles. The molecule has 1 amide bonds. The van der Waals surface area contributed by atoms with Crippen molar-refractivity contribution in [3.8, 4) is 10.4 Å². The minimum atomic E-state index is -0.189. The van der Waals surface area contributed by atoms with Gasteiger partial charge < -0.3 is 4.90 Å². The number of carbonyl (C=O) groups excluding carboxylic acids is 1. The third-order valence-corrected chi connectivity index (χ3v) is 5.75. The van der Waals surface area contributed by atoms with Crippen LogP contribution in [0.15, 0.2) is 41.5 Å². The van der Waals surface area contributed by atoms with Crippen molar-refractivity contribution in [3.05, 3.63) is 52.0 Å². The second-order valence-electron chi connectivity index (χ2n) is 7.00. The minimum Gasteiger partial charge on any atom is -0.336 e. The van der Waals surface area contributed by atoms with E-state index in [1.165, 1.54) is 22.2 Å². The van der Waals surface area contributed by atoms with Crippen LogP contribution in [0, 0.1) is 0 Å². The molecule has 0 radical (unpaired) electrons. The number of nitrogens with zero attached hydrogens (tertiary/aromatic N) is 3. The van der Waals surface area contributed by atoms with E-state index in [0.29, 0.717) is 15.2 Å². The van der Waals surface area contributed by atoms with E-state index in [-0.39, 0.29) is 30.1 Å². The number of hydrogen-bond donors (Lipinski definition) is 0. The maximum absolute atomic E-state index is 12.9. The molecule has 0 aliphatic rings. The number of hydrogen-bond acceptors (Lipinski definition) is 4. The van der Waals surface area contributed by atoms with Crippen LogP contribution in [0.25, 0.3) is 20.7 Å². The van der Waals surface area contributed by atoms with Gasteiger partial charge in [0.15, 0.2) is 0 Å². The molecule has 3 rings (SSSR count).